The van der Waals surface area contributed by atoms with E-state index in [1.165, 1.54) is 81.2 Å². The monoisotopic (exact) mass is 310 g/mol. The molecule has 0 aliphatic carbocycles. The van der Waals surface area contributed by atoms with Gasteiger partial charge in [-0.25, -0.2) is 4.98 Å². The normalized spacial score (nSPS) is 12.7. The molecule has 21 heavy (non-hydrogen) atoms. The van der Waals surface area contributed by atoms with Crippen molar-refractivity contribution >= 4 is 11.3 Å². The third-order valence-electron chi connectivity index (χ3n) is 4.29. The summed E-state index contributed by atoms with van der Waals surface area (Å²) in [4.78, 5) is 5.79. The first kappa shape index (κ1) is 18.6. The lowest BCUT2D eigenvalue weighted by Crippen LogP contribution is -2.16. The van der Waals surface area contributed by atoms with Crippen LogP contribution in [0.15, 0.2) is 5.51 Å². The number of hydrogen-bond acceptors (Lipinski definition) is 3. The maximum atomic E-state index is 4.36. The molecule has 0 amide bonds. The molecule has 0 bridgehead atoms. The molecule has 0 saturated heterocycles. The van der Waals surface area contributed by atoms with Crippen LogP contribution < -0.4 is 5.32 Å². The van der Waals surface area contributed by atoms with E-state index in [1.54, 1.807) is 11.3 Å². The fourth-order valence-corrected chi connectivity index (χ4v) is 3.84. The largest absolute Gasteiger partial charge is 0.312 e. The average molecular weight is 311 g/mol. The zero-order valence-corrected chi connectivity index (χ0v) is 15.1. The average Bonchev–Trinajstić information content (AvgIpc) is 2.91. The van der Waals surface area contributed by atoms with E-state index in [4.69, 9.17) is 0 Å². The Labute approximate surface area is 135 Å². The van der Waals surface area contributed by atoms with Gasteiger partial charge in [-0.1, -0.05) is 71.1 Å². The minimum Gasteiger partial charge on any atom is -0.312 e. The number of thiazole rings is 1. The van der Waals surface area contributed by atoms with Gasteiger partial charge in [-0.15, -0.1) is 11.3 Å². The standard InChI is InChI=1S/C18H34N2S/c1-4-5-6-7-8-9-10-11-12-13-14-17(19-3)18-16(2)20-15-21-18/h15,17,19H,4-14H2,1-3H3. The molecule has 1 aromatic rings. The van der Waals surface area contributed by atoms with Gasteiger partial charge in [0.25, 0.3) is 0 Å². The van der Waals surface area contributed by atoms with Crippen LogP contribution in [-0.4, -0.2) is 12.0 Å². The maximum Gasteiger partial charge on any atom is 0.0798 e. The molecule has 0 saturated carbocycles. The van der Waals surface area contributed by atoms with Crippen LogP contribution in [0, 0.1) is 6.92 Å². The van der Waals surface area contributed by atoms with E-state index in [0.717, 1.165) is 0 Å². The molecule has 1 atom stereocenters. The van der Waals surface area contributed by atoms with E-state index in [9.17, 15) is 0 Å². The van der Waals surface area contributed by atoms with Gasteiger partial charge in [0.15, 0.2) is 0 Å². The highest BCUT2D eigenvalue weighted by molar-refractivity contribution is 7.09. The van der Waals surface area contributed by atoms with Crippen LogP contribution in [0.3, 0.4) is 0 Å². The number of nitrogens with one attached hydrogen (secondary N) is 1. The van der Waals surface area contributed by atoms with Crippen molar-refractivity contribution in [3.63, 3.8) is 0 Å². The minimum atomic E-state index is 0.506. The summed E-state index contributed by atoms with van der Waals surface area (Å²) in [5.41, 5.74) is 3.17. The van der Waals surface area contributed by atoms with Crippen LogP contribution in [0.25, 0.3) is 0 Å². The van der Waals surface area contributed by atoms with Crippen LogP contribution >= 0.6 is 11.3 Å². The van der Waals surface area contributed by atoms with Crippen LogP contribution in [-0.2, 0) is 0 Å². The topological polar surface area (TPSA) is 24.9 Å². The summed E-state index contributed by atoms with van der Waals surface area (Å²) < 4.78 is 0. The smallest absolute Gasteiger partial charge is 0.0798 e. The molecule has 1 N–H and O–H groups in total. The van der Waals surface area contributed by atoms with Gasteiger partial charge >= 0.3 is 0 Å². The van der Waals surface area contributed by atoms with Gasteiger partial charge < -0.3 is 5.32 Å². The van der Waals surface area contributed by atoms with Gasteiger partial charge in [-0.3, -0.25) is 0 Å². The van der Waals surface area contributed by atoms with Crippen LogP contribution in [0.1, 0.15) is 94.2 Å². The van der Waals surface area contributed by atoms with E-state index in [2.05, 4.69) is 31.2 Å². The lowest BCUT2D eigenvalue weighted by molar-refractivity contribution is 0.495. The summed E-state index contributed by atoms with van der Waals surface area (Å²) in [6.07, 6.45) is 15.3. The molecule has 3 heteroatoms. The quantitative estimate of drug-likeness (QED) is 0.450. The lowest BCUT2D eigenvalue weighted by Gasteiger charge is -2.15. The maximum absolute atomic E-state index is 4.36. The molecular weight excluding hydrogens is 276 g/mol. The molecule has 0 aliphatic rings. The Morgan fingerprint density at radius 1 is 1.00 bits per heavy atom. The van der Waals surface area contributed by atoms with Gasteiger partial charge in [0.1, 0.15) is 0 Å². The fourth-order valence-electron chi connectivity index (χ4n) is 2.89. The third kappa shape index (κ3) is 7.96. The number of aryl methyl sites for hydroxylation is 1. The zero-order chi connectivity index (χ0) is 15.3. The van der Waals surface area contributed by atoms with Gasteiger partial charge in [0, 0.05) is 10.9 Å². The van der Waals surface area contributed by atoms with Crippen molar-refractivity contribution in [3.8, 4) is 0 Å². The Balaban J connectivity index is 1.99. The van der Waals surface area contributed by atoms with Crippen molar-refractivity contribution in [2.45, 2.75) is 90.5 Å². The molecule has 0 fully saturated rings. The van der Waals surface area contributed by atoms with Crippen LogP contribution in [0.5, 0.6) is 0 Å². The van der Waals surface area contributed by atoms with Gasteiger partial charge in [-0.05, 0) is 20.4 Å². The first-order valence-electron chi connectivity index (χ1n) is 8.86. The zero-order valence-electron chi connectivity index (χ0n) is 14.3. The predicted octanol–water partition coefficient (Wildman–Crippen LogP) is 6.02. The molecule has 0 spiro atoms. The Hall–Kier alpha value is -0.410. The second-order valence-corrected chi connectivity index (χ2v) is 7.00. The molecule has 0 radical (unpaired) electrons. The number of aromatic nitrogens is 1. The van der Waals surface area contributed by atoms with Crippen molar-refractivity contribution in [2.75, 3.05) is 7.05 Å². The Morgan fingerprint density at radius 2 is 1.57 bits per heavy atom. The van der Waals surface area contributed by atoms with Crippen molar-refractivity contribution in [2.24, 2.45) is 0 Å². The second kappa shape index (κ2) is 12.2. The van der Waals surface area contributed by atoms with E-state index in [1.807, 2.05) is 5.51 Å². The summed E-state index contributed by atoms with van der Waals surface area (Å²) in [6.45, 7) is 4.40. The van der Waals surface area contributed by atoms with Crippen molar-refractivity contribution in [1.82, 2.24) is 10.3 Å². The molecule has 1 unspecified atom stereocenters. The summed E-state index contributed by atoms with van der Waals surface area (Å²) in [6, 6.07) is 0.506. The number of unbranched alkanes of at least 4 members (excludes halogenated alkanes) is 9. The SMILES string of the molecule is CCCCCCCCCCCCC(NC)c1scnc1C. The molecular formula is C18H34N2S. The van der Waals surface area contributed by atoms with E-state index >= 15 is 0 Å². The number of rotatable bonds is 13. The predicted molar refractivity (Wildman–Crippen MR) is 95.1 cm³/mol. The van der Waals surface area contributed by atoms with E-state index < -0.39 is 0 Å². The second-order valence-electron chi connectivity index (χ2n) is 6.11. The molecule has 0 aromatic carbocycles. The fraction of sp³-hybridized carbons (Fsp3) is 0.833. The Kier molecular flexibility index (Phi) is 10.8. The third-order valence-corrected chi connectivity index (χ3v) is 5.34. The first-order valence-corrected chi connectivity index (χ1v) is 9.74. The van der Waals surface area contributed by atoms with Crippen LogP contribution in [0.4, 0.5) is 0 Å². The molecule has 122 valence electrons. The van der Waals surface area contributed by atoms with Crippen molar-refractivity contribution < 1.29 is 0 Å². The molecule has 1 aromatic heterocycles. The highest BCUT2D eigenvalue weighted by atomic mass is 32.1. The molecule has 1 heterocycles. The van der Waals surface area contributed by atoms with E-state index in [0.29, 0.717) is 6.04 Å². The molecule has 1 rings (SSSR count). The first-order chi connectivity index (χ1) is 10.3. The van der Waals surface area contributed by atoms with E-state index in [-0.39, 0.29) is 0 Å². The summed E-state index contributed by atoms with van der Waals surface area (Å²) in [7, 11) is 2.07. The molecule has 2 nitrogen and oxygen atoms in total. The van der Waals surface area contributed by atoms with Crippen molar-refractivity contribution in [1.29, 1.82) is 0 Å². The highest BCUT2D eigenvalue weighted by Gasteiger charge is 2.13. The lowest BCUT2D eigenvalue weighted by atomic mass is 10.0. The Morgan fingerprint density at radius 3 is 2.05 bits per heavy atom. The van der Waals surface area contributed by atoms with Gasteiger partial charge in [0.2, 0.25) is 0 Å². The summed E-state index contributed by atoms with van der Waals surface area (Å²) >= 11 is 1.79. The van der Waals surface area contributed by atoms with Crippen molar-refractivity contribution in [3.05, 3.63) is 16.1 Å². The minimum absolute atomic E-state index is 0.506. The molecule has 0 aliphatic heterocycles. The van der Waals surface area contributed by atoms with Crippen LogP contribution in [0.2, 0.25) is 0 Å². The number of nitrogens with zero attached hydrogens (tertiary/aromatic N) is 1. The summed E-state index contributed by atoms with van der Waals surface area (Å²) in [5, 5.41) is 3.45. The summed E-state index contributed by atoms with van der Waals surface area (Å²) in [5.74, 6) is 0. The van der Waals surface area contributed by atoms with Gasteiger partial charge in [-0.2, -0.15) is 0 Å². The Bertz CT molecular complexity index is 349. The number of hydrogen-bond donors (Lipinski definition) is 1. The van der Waals surface area contributed by atoms with Gasteiger partial charge in [0.05, 0.1) is 11.2 Å². The highest BCUT2D eigenvalue weighted by Crippen LogP contribution is 2.26.